The third kappa shape index (κ3) is 2.59. The zero-order valence-corrected chi connectivity index (χ0v) is 9.71. The molecule has 7 heteroatoms. The second kappa shape index (κ2) is 4.89. The SMILES string of the molecule is NC(=O)c1ccc(Cn2nccc2C(=O)O)c(F)c1. The average Bonchev–Trinajstić information content (AvgIpc) is 2.79. The molecule has 6 nitrogen and oxygen atoms in total. The van der Waals surface area contributed by atoms with E-state index in [4.69, 9.17) is 10.8 Å². The van der Waals surface area contributed by atoms with E-state index in [1.807, 2.05) is 0 Å². The molecule has 0 unspecified atom stereocenters. The molecule has 0 spiro atoms. The van der Waals surface area contributed by atoms with E-state index in [0.717, 1.165) is 10.7 Å². The molecule has 19 heavy (non-hydrogen) atoms. The molecule has 0 aliphatic carbocycles. The predicted molar refractivity (Wildman–Crippen MR) is 63.2 cm³/mol. The lowest BCUT2D eigenvalue weighted by atomic mass is 10.1. The lowest BCUT2D eigenvalue weighted by Crippen LogP contribution is -2.14. The number of carboxylic acid groups (broad SMARTS) is 1. The van der Waals surface area contributed by atoms with Crippen LogP contribution in [0.5, 0.6) is 0 Å². The number of hydrogen-bond donors (Lipinski definition) is 2. The molecule has 0 aliphatic rings. The van der Waals surface area contributed by atoms with Crippen LogP contribution >= 0.6 is 0 Å². The van der Waals surface area contributed by atoms with Crippen molar-refractivity contribution in [1.82, 2.24) is 9.78 Å². The van der Waals surface area contributed by atoms with Gasteiger partial charge in [-0.2, -0.15) is 5.10 Å². The van der Waals surface area contributed by atoms with E-state index in [-0.39, 0.29) is 23.4 Å². The monoisotopic (exact) mass is 263 g/mol. The molecule has 0 aliphatic heterocycles. The van der Waals surface area contributed by atoms with Crippen molar-refractivity contribution in [3.05, 3.63) is 53.1 Å². The minimum atomic E-state index is -1.15. The first kappa shape index (κ1) is 12.7. The largest absolute Gasteiger partial charge is 0.477 e. The Balaban J connectivity index is 2.31. The minimum Gasteiger partial charge on any atom is -0.477 e. The molecule has 2 rings (SSSR count). The number of aromatic nitrogens is 2. The highest BCUT2D eigenvalue weighted by Gasteiger charge is 2.13. The quantitative estimate of drug-likeness (QED) is 0.854. The molecule has 1 heterocycles. The second-order valence-corrected chi connectivity index (χ2v) is 3.85. The van der Waals surface area contributed by atoms with Gasteiger partial charge < -0.3 is 10.8 Å². The molecule has 0 radical (unpaired) electrons. The number of nitrogens with two attached hydrogens (primary N) is 1. The Morgan fingerprint density at radius 2 is 2.11 bits per heavy atom. The van der Waals surface area contributed by atoms with Gasteiger partial charge in [-0.25, -0.2) is 9.18 Å². The van der Waals surface area contributed by atoms with Gasteiger partial charge in [0.25, 0.3) is 0 Å². The van der Waals surface area contributed by atoms with Crippen LogP contribution in [-0.4, -0.2) is 26.8 Å². The number of carboxylic acids is 1. The summed E-state index contributed by atoms with van der Waals surface area (Å²) in [5.74, 6) is -2.51. The minimum absolute atomic E-state index is 0.0422. The lowest BCUT2D eigenvalue weighted by molar-refractivity contribution is 0.0683. The standard InChI is InChI=1S/C12H10FN3O3/c13-9-5-7(11(14)17)1-2-8(9)6-16-10(12(18)19)3-4-15-16/h1-5H,6H2,(H2,14,17)(H,18,19). The van der Waals surface area contributed by atoms with Crippen molar-refractivity contribution >= 4 is 11.9 Å². The van der Waals surface area contributed by atoms with Gasteiger partial charge in [-0.05, 0) is 18.2 Å². The van der Waals surface area contributed by atoms with E-state index < -0.39 is 17.7 Å². The molecular weight excluding hydrogens is 253 g/mol. The highest BCUT2D eigenvalue weighted by Crippen LogP contribution is 2.13. The summed E-state index contributed by atoms with van der Waals surface area (Å²) in [5.41, 5.74) is 5.26. The zero-order valence-electron chi connectivity index (χ0n) is 9.71. The smallest absolute Gasteiger partial charge is 0.354 e. The van der Waals surface area contributed by atoms with Crippen molar-refractivity contribution in [1.29, 1.82) is 0 Å². The third-order valence-electron chi connectivity index (χ3n) is 2.59. The fourth-order valence-corrected chi connectivity index (χ4v) is 1.63. The maximum absolute atomic E-state index is 13.7. The summed E-state index contributed by atoms with van der Waals surface area (Å²) in [4.78, 5) is 21.8. The van der Waals surface area contributed by atoms with E-state index in [1.165, 1.54) is 24.4 Å². The molecule has 2 aromatic rings. The molecule has 1 amide bonds. The number of primary amides is 1. The van der Waals surface area contributed by atoms with Crippen molar-refractivity contribution in [2.24, 2.45) is 5.73 Å². The Labute approximate surface area is 107 Å². The van der Waals surface area contributed by atoms with Gasteiger partial charge in [0.05, 0.1) is 6.54 Å². The van der Waals surface area contributed by atoms with Gasteiger partial charge in [-0.15, -0.1) is 0 Å². The Morgan fingerprint density at radius 1 is 1.37 bits per heavy atom. The molecule has 0 saturated heterocycles. The summed E-state index contributed by atoms with van der Waals surface area (Å²) in [7, 11) is 0. The number of aromatic carboxylic acids is 1. The Hall–Kier alpha value is -2.70. The van der Waals surface area contributed by atoms with Crippen molar-refractivity contribution in [3.63, 3.8) is 0 Å². The number of halogens is 1. The van der Waals surface area contributed by atoms with E-state index in [1.54, 1.807) is 0 Å². The van der Waals surface area contributed by atoms with Gasteiger partial charge in [-0.3, -0.25) is 9.48 Å². The third-order valence-corrected chi connectivity index (χ3v) is 2.59. The summed E-state index contributed by atoms with van der Waals surface area (Å²) in [6.07, 6.45) is 1.32. The average molecular weight is 263 g/mol. The summed E-state index contributed by atoms with van der Waals surface area (Å²) < 4.78 is 14.9. The molecule has 0 saturated carbocycles. The lowest BCUT2D eigenvalue weighted by Gasteiger charge is -2.07. The molecule has 3 N–H and O–H groups in total. The Kier molecular flexibility index (Phi) is 3.28. The number of hydrogen-bond acceptors (Lipinski definition) is 3. The van der Waals surface area contributed by atoms with Crippen LogP contribution in [0, 0.1) is 5.82 Å². The maximum Gasteiger partial charge on any atom is 0.354 e. The fraction of sp³-hybridized carbons (Fsp3) is 0.0833. The molecule has 0 bridgehead atoms. The van der Waals surface area contributed by atoms with Crippen molar-refractivity contribution < 1.29 is 19.1 Å². The van der Waals surface area contributed by atoms with E-state index in [2.05, 4.69) is 5.10 Å². The number of benzene rings is 1. The van der Waals surface area contributed by atoms with Crippen LogP contribution in [0.4, 0.5) is 4.39 Å². The second-order valence-electron chi connectivity index (χ2n) is 3.85. The molecule has 98 valence electrons. The van der Waals surface area contributed by atoms with E-state index >= 15 is 0 Å². The molecular formula is C12H10FN3O3. The number of nitrogens with zero attached hydrogens (tertiary/aromatic N) is 2. The molecule has 0 fully saturated rings. The van der Waals surface area contributed by atoms with Crippen LogP contribution < -0.4 is 5.73 Å². The fourth-order valence-electron chi connectivity index (χ4n) is 1.63. The first-order valence-electron chi connectivity index (χ1n) is 5.32. The highest BCUT2D eigenvalue weighted by molar-refractivity contribution is 5.92. The molecule has 1 aromatic carbocycles. The van der Waals surface area contributed by atoms with Gasteiger partial charge in [-0.1, -0.05) is 6.07 Å². The summed E-state index contributed by atoms with van der Waals surface area (Å²) in [6, 6.07) is 5.09. The Morgan fingerprint density at radius 3 is 2.68 bits per heavy atom. The Bertz CT molecular complexity index is 651. The van der Waals surface area contributed by atoms with Crippen LogP contribution in [0.3, 0.4) is 0 Å². The number of carbonyl (C=O) groups is 2. The number of carbonyl (C=O) groups excluding carboxylic acids is 1. The van der Waals surface area contributed by atoms with E-state index in [9.17, 15) is 14.0 Å². The predicted octanol–water partition coefficient (Wildman–Crippen LogP) is 0.868. The summed E-state index contributed by atoms with van der Waals surface area (Å²) in [5, 5.41) is 12.7. The van der Waals surface area contributed by atoms with Crippen LogP contribution in [0.2, 0.25) is 0 Å². The molecule has 0 atom stereocenters. The maximum atomic E-state index is 13.7. The first-order chi connectivity index (χ1) is 8.99. The van der Waals surface area contributed by atoms with Crippen LogP contribution in [0.15, 0.2) is 30.5 Å². The normalized spacial score (nSPS) is 10.4. The zero-order chi connectivity index (χ0) is 14.0. The van der Waals surface area contributed by atoms with Crippen LogP contribution in [0.1, 0.15) is 26.4 Å². The van der Waals surface area contributed by atoms with Crippen molar-refractivity contribution in [3.8, 4) is 0 Å². The van der Waals surface area contributed by atoms with Crippen molar-refractivity contribution in [2.45, 2.75) is 6.54 Å². The number of amides is 1. The van der Waals surface area contributed by atoms with Gasteiger partial charge in [0.1, 0.15) is 11.5 Å². The van der Waals surface area contributed by atoms with Crippen molar-refractivity contribution in [2.75, 3.05) is 0 Å². The summed E-state index contributed by atoms with van der Waals surface area (Å²) >= 11 is 0. The first-order valence-corrected chi connectivity index (χ1v) is 5.32. The van der Waals surface area contributed by atoms with Gasteiger partial charge in [0.2, 0.25) is 5.91 Å². The number of rotatable bonds is 4. The topological polar surface area (TPSA) is 98.2 Å². The van der Waals surface area contributed by atoms with Gasteiger partial charge >= 0.3 is 5.97 Å². The summed E-state index contributed by atoms with van der Waals surface area (Å²) in [6.45, 7) is -0.0422. The van der Waals surface area contributed by atoms with Crippen LogP contribution in [0.25, 0.3) is 0 Å². The highest BCUT2D eigenvalue weighted by atomic mass is 19.1. The van der Waals surface area contributed by atoms with Crippen LogP contribution in [-0.2, 0) is 6.54 Å². The van der Waals surface area contributed by atoms with E-state index in [0.29, 0.717) is 0 Å². The molecule has 1 aromatic heterocycles. The van der Waals surface area contributed by atoms with Gasteiger partial charge in [0.15, 0.2) is 0 Å². The van der Waals surface area contributed by atoms with Gasteiger partial charge in [0, 0.05) is 17.3 Å².